The first-order chi connectivity index (χ1) is 6.69. The Morgan fingerprint density at radius 3 is 2.79 bits per heavy atom. The van der Waals surface area contributed by atoms with Crippen molar-refractivity contribution in [1.82, 2.24) is 5.32 Å². The zero-order valence-corrected chi connectivity index (χ0v) is 8.55. The van der Waals surface area contributed by atoms with E-state index in [2.05, 4.69) is 5.32 Å². The van der Waals surface area contributed by atoms with Gasteiger partial charge in [-0.25, -0.2) is 4.39 Å². The summed E-state index contributed by atoms with van der Waals surface area (Å²) in [6, 6.07) is 5.30. The van der Waals surface area contributed by atoms with Crippen molar-refractivity contribution in [2.75, 3.05) is 13.6 Å². The quantitative estimate of drug-likeness (QED) is 0.770. The van der Waals surface area contributed by atoms with Gasteiger partial charge in [-0.3, -0.25) is 0 Å². The molecule has 14 heavy (non-hydrogen) atoms. The lowest BCUT2D eigenvalue weighted by Gasteiger charge is -2.14. The van der Waals surface area contributed by atoms with E-state index in [9.17, 15) is 9.50 Å². The molecule has 0 saturated carbocycles. The first kappa shape index (κ1) is 11.1. The van der Waals surface area contributed by atoms with Crippen LogP contribution < -0.4 is 5.32 Å². The molecule has 1 aromatic carbocycles. The number of aliphatic hydroxyl groups excluding tert-OH is 1. The van der Waals surface area contributed by atoms with Crippen LogP contribution in [0.4, 0.5) is 4.39 Å². The number of hydrogen-bond acceptors (Lipinski definition) is 2. The minimum atomic E-state index is -0.563. The van der Waals surface area contributed by atoms with E-state index in [1.165, 1.54) is 0 Å². The molecule has 2 N–H and O–H groups in total. The van der Waals surface area contributed by atoms with E-state index in [1.807, 2.05) is 13.0 Å². The fourth-order valence-corrected chi connectivity index (χ4v) is 1.44. The third-order valence-electron chi connectivity index (χ3n) is 2.25. The molecule has 1 atom stereocenters. The molecule has 0 heterocycles. The highest BCUT2D eigenvalue weighted by Crippen LogP contribution is 2.19. The number of alkyl halides is 1. The average molecular weight is 197 g/mol. The van der Waals surface area contributed by atoms with E-state index < -0.39 is 12.8 Å². The Bertz CT molecular complexity index is 301. The molecule has 0 aliphatic carbocycles. The second-order valence-corrected chi connectivity index (χ2v) is 3.40. The molecule has 0 aromatic heterocycles. The number of likely N-dealkylation sites (N-methyl/N-ethyl adjacent to an activating group) is 1. The van der Waals surface area contributed by atoms with E-state index in [0.717, 1.165) is 11.1 Å². The first-order valence-electron chi connectivity index (χ1n) is 4.67. The number of benzene rings is 1. The van der Waals surface area contributed by atoms with Crippen LogP contribution in [-0.4, -0.2) is 18.7 Å². The number of aryl methyl sites for hydroxylation is 1. The van der Waals surface area contributed by atoms with Crippen LogP contribution in [0.2, 0.25) is 0 Å². The first-order valence-corrected chi connectivity index (χ1v) is 4.67. The normalized spacial score (nSPS) is 12.9. The molecule has 0 fully saturated rings. The second-order valence-electron chi connectivity index (χ2n) is 3.40. The summed E-state index contributed by atoms with van der Waals surface area (Å²) in [7, 11) is 1.78. The molecule has 78 valence electrons. The van der Waals surface area contributed by atoms with E-state index in [1.54, 1.807) is 19.2 Å². The topological polar surface area (TPSA) is 32.3 Å². The van der Waals surface area contributed by atoms with Gasteiger partial charge in [0, 0.05) is 6.54 Å². The predicted molar refractivity (Wildman–Crippen MR) is 54.9 cm³/mol. The monoisotopic (exact) mass is 197 g/mol. The Balaban J connectivity index is 2.93. The molecule has 0 aliphatic heterocycles. The maximum absolute atomic E-state index is 12.4. The summed E-state index contributed by atoms with van der Waals surface area (Å²) in [6.07, 6.45) is -0.563. The van der Waals surface area contributed by atoms with E-state index in [-0.39, 0.29) is 0 Å². The highest BCUT2D eigenvalue weighted by Gasteiger charge is 2.09. The zero-order valence-electron chi connectivity index (χ0n) is 8.55. The average Bonchev–Trinajstić information content (AvgIpc) is 2.19. The number of halogens is 1. The molecular weight excluding hydrogens is 181 g/mol. The van der Waals surface area contributed by atoms with Crippen LogP contribution >= 0.6 is 0 Å². The van der Waals surface area contributed by atoms with Crippen molar-refractivity contribution in [3.8, 4) is 0 Å². The minimum Gasteiger partial charge on any atom is -0.387 e. The van der Waals surface area contributed by atoms with Gasteiger partial charge in [-0.15, -0.1) is 0 Å². The molecule has 1 rings (SSSR count). The molecule has 0 bridgehead atoms. The zero-order chi connectivity index (χ0) is 10.6. The fourth-order valence-electron chi connectivity index (χ4n) is 1.44. The van der Waals surface area contributed by atoms with Crippen molar-refractivity contribution in [3.63, 3.8) is 0 Å². The maximum atomic E-state index is 12.4. The standard InChI is InChI=1S/C11H16FNO/c1-8-3-4-9(6-12)5-10(8)11(14)7-13-2/h3-5,11,13-14H,6-7H2,1-2H3. The van der Waals surface area contributed by atoms with Crippen LogP contribution in [0.1, 0.15) is 22.8 Å². The SMILES string of the molecule is CNCC(O)c1cc(CF)ccc1C. The van der Waals surface area contributed by atoms with Gasteiger partial charge in [0.25, 0.3) is 0 Å². The van der Waals surface area contributed by atoms with Crippen LogP contribution in [0.5, 0.6) is 0 Å². The summed E-state index contributed by atoms with van der Waals surface area (Å²) in [5.41, 5.74) is 2.40. The third kappa shape index (κ3) is 2.53. The minimum absolute atomic E-state index is 0.483. The molecule has 1 unspecified atom stereocenters. The van der Waals surface area contributed by atoms with Crippen molar-refractivity contribution in [2.45, 2.75) is 19.7 Å². The lowest BCUT2D eigenvalue weighted by Crippen LogP contribution is -2.17. The van der Waals surface area contributed by atoms with Crippen molar-refractivity contribution in [3.05, 3.63) is 34.9 Å². The highest BCUT2D eigenvalue weighted by atomic mass is 19.1. The predicted octanol–water partition coefficient (Wildman–Crippen LogP) is 1.72. The van der Waals surface area contributed by atoms with Gasteiger partial charge in [0.2, 0.25) is 0 Å². The highest BCUT2D eigenvalue weighted by molar-refractivity contribution is 5.32. The molecule has 0 radical (unpaired) electrons. The Morgan fingerprint density at radius 2 is 2.21 bits per heavy atom. The molecule has 0 aliphatic rings. The summed E-state index contributed by atoms with van der Waals surface area (Å²) in [6.45, 7) is 1.91. The van der Waals surface area contributed by atoms with Gasteiger partial charge in [0.15, 0.2) is 0 Å². The summed E-state index contributed by atoms with van der Waals surface area (Å²) in [5.74, 6) is 0. The smallest absolute Gasteiger partial charge is 0.115 e. The van der Waals surface area contributed by atoms with Gasteiger partial charge < -0.3 is 10.4 Å². The van der Waals surface area contributed by atoms with Gasteiger partial charge in [-0.1, -0.05) is 18.2 Å². The molecule has 2 nitrogen and oxygen atoms in total. The van der Waals surface area contributed by atoms with Gasteiger partial charge in [0.1, 0.15) is 6.67 Å². The van der Waals surface area contributed by atoms with Crippen molar-refractivity contribution >= 4 is 0 Å². The van der Waals surface area contributed by atoms with Gasteiger partial charge in [-0.05, 0) is 30.7 Å². The fraction of sp³-hybridized carbons (Fsp3) is 0.455. The molecule has 1 aromatic rings. The number of nitrogens with one attached hydrogen (secondary N) is 1. The van der Waals surface area contributed by atoms with Crippen molar-refractivity contribution in [2.24, 2.45) is 0 Å². The number of rotatable bonds is 4. The maximum Gasteiger partial charge on any atom is 0.115 e. The Kier molecular flexibility index (Phi) is 4.04. The van der Waals surface area contributed by atoms with Crippen molar-refractivity contribution < 1.29 is 9.50 Å². The molecule has 0 spiro atoms. The van der Waals surface area contributed by atoms with E-state index in [0.29, 0.717) is 12.1 Å². The lowest BCUT2D eigenvalue weighted by molar-refractivity contribution is 0.177. The van der Waals surface area contributed by atoms with Crippen LogP contribution in [0.25, 0.3) is 0 Å². The molecule has 0 saturated heterocycles. The Hall–Kier alpha value is -0.930. The number of hydrogen-bond donors (Lipinski definition) is 2. The van der Waals surface area contributed by atoms with Crippen LogP contribution in [0.15, 0.2) is 18.2 Å². The summed E-state index contributed by atoms with van der Waals surface area (Å²) in [5, 5.41) is 12.6. The Labute approximate surface area is 83.8 Å². The van der Waals surface area contributed by atoms with Gasteiger partial charge in [0.05, 0.1) is 6.10 Å². The van der Waals surface area contributed by atoms with Crippen LogP contribution in [-0.2, 0) is 6.67 Å². The van der Waals surface area contributed by atoms with Crippen LogP contribution in [0.3, 0.4) is 0 Å². The van der Waals surface area contributed by atoms with Crippen molar-refractivity contribution in [1.29, 1.82) is 0 Å². The van der Waals surface area contributed by atoms with E-state index in [4.69, 9.17) is 0 Å². The third-order valence-corrected chi connectivity index (χ3v) is 2.25. The molecular formula is C11H16FNO. The van der Waals surface area contributed by atoms with E-state index >= 15 is 0 Å². The van der Waals surface area contributed by atoms with Gasteiger partial charge >= 0.3 is 0 Å². The molecule has 3 heteroatoms. The Morgan fingerprint density at radius 1 is 1.50 bits per heavy atom. The lowest BCUT2D eigenvalue weighted by atomic mass is 10.0. The molecule has 0 amide bonds. The van der Waals surface area contributed by atoms with Gasteiger partial charge in [-0.2, -0.15) is 0 Å². The largest absolute Gasteiger partial charge is 0.387 e. The summed E-state index contributed by atoms with van der Waals surface area (Å²) >= 11 is 0. The summed E-state index contributed by atoms with van der Waals surface area (Å²) in [4.78, 5) is 0. The number of aliphatic hydroxyl groups is 1. The van der Waals surface area contributed by atoms with Crippen LogP contribution in [0, 0.1) is 6.92 Å². The second kappa shape index (κ2) is 5.08. The summed E-state index contributed by atoms with van der Waals surface area (Å²) < 4.78 is 12.4.